The van der Waals surface area contributed by atoms with Crippen molar-refractivity contribution in [3.8, 4) is 5.75 Å². The van der Waals surface area contributed by atoms with Crippen LogP contribution in [0, 0.1) is 0 Å². The largest absolute Gasteiger partial charge is 0.496 e. The molecule has 23 heavy (non-hydrogen) atoms. The Balaban J connectivity index is 2.26. The van der Waals surface area contributed by atoms with Gasteiger partial charge >= 0.3 is 0 Å². The number of aromatic nitrogens is 1. The molecule has 0 amide bonds. The van der Waals surface area contributed by atoms with Crippen LogP contribution in [0.4, 0.5) is 0 Å². The van der Waals surface area contributed by atoms with Crippen LogP contribution in [0.15, 0.2) is 35.1 Å². The molecule has 0 fully saturated rings. The lowest BCUT2D eigenvalue weighted by Crippen LogP contribution is -2.34. The fourth-order valence-electron chi connectivity index (χ4n) is 3.17. The van der Waals surface area contributed by atoms with E-state index in [0.29, 0.717) is 6.54 Å². The second-order valence-electron chi connectivity index (χ2n) is 6.10. The van der Waals surface area contributed by atoms with Gasteiger partial charge in [-0.05, 0) is 45.3 Å². The third kappa shape index (κ3) is 2.59. The Kier molecular flexibility index (Phi) is 4.09. The lowest BCUT2D eigenvalue weighted by molar-refractivity contribution is 0.384. The summed E-state index contributed by atoms with van der Waals surface area (Å²) in [6.45, 7) is 5.79. The Morgan fingerprint density at radius 1 is 1.13 bits per heavy atom. The van der Waals surface area contributed by atoms with Crippen molar-refractivity contribution in [1.29, 1.82) is 0 Å². The van der Waals surface area contributed by atoms with Crippen molar-refractivity contribution >= 4 is 28.1 Å². The second-order valence-corrected chi connectivity index (χ2v) is 6.10. The van der Waals surface area contributed by atoms with Crippen molar-refractivity contribution in [2.75, 3.05) is 27.7 Å². The molecule has 0 spiro atoms. The van der Waals surface area contributed by atoms with E-state index >= 15 is 0 Å². The Morgan fingerprint density at radius 3 is 2.57 bits per heavy atom. The van der Waals surface area contributed by atoms with Crippen LogP contribution in [-0.4, -0.2) is 37.2 Å². The average Bonchev–Trinajstić information content (AvgIpc) is 2.54. The summed E-state index contributed by atoms with van der Waals surface area (Å²) in [5, 5.41) is 4.44. The standard InChI is InChI=1S/C19H22N2O2/c1-13-14-9-10-17(23-4)15-7-5-8-16(18(14)15)19(22)21(13)12-6-11-20(2)3/h5,7-10H,1,6,11-12H2,2-4H3. The van der Waals surface area contributed by atoms with Gasteiger partial charge in [0, 0.05) is 33.4 Å². The summed E-state index contributed by atoms with van der Waals surface area (Å²) in [4.78, 5) is 15.0. The van der Waals surface area contributed by atoms with E-state index in [4.69, 9.17) is 4.74 Å². The predicted molar refractivity (Wildman–Crippen MR) is 96.2 cm³/mol. The molecule has 0 bridgehead atoms. The summed E-state index contributed by atoms with van der Waals surface area (Å²) in [6.07, 6.45) is 0.916. The molecule has 0 saturated heterocycles. The van der Waals surface area contributed by atoms with E-state index in [1.165, 1.54) is 0 Å². The Morgan fingerprint density at radius 2 is 1.87 bits per heavy atom. The summed E-state index contributed by atoms with van der Waals surface area (Å²) in [5.74, 6) is 0.784. The van der Waals surface area contributed by atoms with Gasteiger partial charge in [-0.25, -0.2) is 0 Å². The minimum atomic E-state index is 0.0279. The van der Waals surface area contributed by atoms with Gasteiger partial charge in [-0.1, -0.05) is 18.7 Å². The third-order valence-corrected chi connectivity index (χ3v) is 4.32. The van der Waals surface area contributed by atoms with Crippen molar-refractivity contribution in [3.63, 3.8) is 0 Å². The summed E-state index contributed by atoms with van der Waals surface area (Å²) in [5.41, 5.74) is 0.0279. The molecule has 4 nitrogen and oxygen atoms in total. The molecule has 3 rings (SSSR count). The normalized spacial score (nSPS) is 11.7. The van der Waals surface area contributed by atoms with E-state index < -0.39 is 0 Å². The van der Waals surface area contributed by atoms with Crippen LogP contribution in [0.3, 0.4) is 0 Å². The van der Waals surface area contributed by atoms with E-state index in [1.807, 2.05) is 44.4 Å². The number of benzene rings is 2. The first-order chi connectivity index (χ1) is 11.0. The number of rotatable bonds is 5. The highest BCUT2D eigenvalue weighted by molar-refractivity contribution is 6.11. The fraction of sp³-hybridized carbons (Fsp3) is 0.316. The molecule has 0 aliphatic heterocycles. The molecule has 3 aromatic rings. The number of hydrogen-bond donors (Lipinski definition) is 0. The number of pyridine rings is 1. The lowest BCUT2D eigenvalue weighted by Gasteiger charge is -2.15. The Bertz CT molecular complexity index is 924. The van der Waals surface area contributed by atoms with Crippen LogP contribution in [-0.2, 0) is 6.54 Å². The first-order valence-electron chi connectivity index (χ1n) is 7.80. The zero-order valence-electron chi connectivity index (χ0n) is 13.9. The highest BCUT2D eigenvalue weighted by atomic mass is 16.5. The van der Waals surface area contributed by atoms with Crippen molar-refractivity contribution in [2.45, 2.75) is 13.0 Å². The molecular formula is C19H22N2O2. The molecule has 0 aliphatic rings. The van der Waals surface area contributed by atoms with Crippen molar-refractivity contribution in [2.24, 2.45) is 0 Å². The topological polar surface area (TPSA) is 34.5 Å². The summed E-state index contributed by atoms with van der Waals surface area (Å²) in [7, 11) is 5.72. The molecule has 1 heterocycles. The maximum Gasteiger partial charge on any atom is 0.258 e. The van der Waals surface area contributed by atoms with Gasteiger partial charge in [-0.3, -0.25) is 4.79 Å². The molecule has 1 aromatic heterocycles. The van der Waals surface area contributed by atoms with E-state index in [0.717, 1.165) is 45.6 Å². The molecule has 0 N–H and O–H groups in total. The number of ether oxygens (including phenoxy) is 1. The first-order valence-corrected chi connectivity index (χ1v) is 7.80. The highest BCUT2D eigenvalue weighted by Gasteiger charge is 2.13. The monoisotopic (exact) mass is 310 g/mol. The van der Waals surface area contributed by atoms with Gasteiger partial charge in [0.05, 0.1) is 7.11 Å². The van der Waals surface area contributed by atoms with E-state index in [2.05, 4.69) is 11.5 Å². The number of hydrogen-bond acceptors (Lipinski definition) is 3. The maximum atomic E-state index is 12.9. The van der Waals surface area contributed by atoms with Gasteiger partial charge in [0.2, 0.25) is 0 Å². The molecule has 120 valence electrons. The third-order valence-electron chi connectivity index (χ3n) is 4.32. The zero-order chi connectivity index (χ0) is 16.6. The van der Waals surface area contributed by atoms with Gasteiger partial charge in [-0.2, -0.15) is 0 Å². The molecule has 0 atom stereocenters. The van der Waals surface area contributed by atoms with Gasteiger partial charge in [0.1, 0.15) is 5.75 Å². The van der Waals surface area contributed by atoms with Gasteiger partial charge in [0.25, 0.3) is 5.56 Å². The Labute approximate surface area is 135 Å². The molecule has 4 heteroatoms. The maximum absolute atomic E-state index is 12.9. The second kappa shape index (κ2) is 6.05. The van der Waals surface area contributed by atoms with Crippen LogP contribution in [0.1, 0.15) is 6.42 Å². The van der Waals surface area contributed by atoms with Gasteiger partial charge in [-0.15, -0.1) is 0 Å². The summed E-state index contributed by atoms with van der Waals surface area (Å²) < 4.78 is 7.23. The quantitative estimate of drug-likeness (QED) is 0.725. The van der Waals surface area contributed by atoms with E-state index in [9.17, 15) is 4.79 Å². The molecule has 0 aliphatic carbocycles. The molecule has 2 aromatic carbocycles. The summed E-state index contributed by atoms with van der Waals surface area (Å²) in [6, 6.07) is 9.73. The average molecular weight is 310 g/mol. The van der Waals surface area contributed by atoms with Gasteiger partial charge < -0.3 is 14.2 Å². The SMILES string of the molecule is C=c1c2ccc(OC)c3cccc(c(=O)n1CCCN(C)C)c32. The van der Waals surface area contributed by atoms with E-state index in [1.54, 1.807) is 11.7 Å². The minimum absolute atomic E-state index is 0.0279. The van der Waals surface area contributed by atoms with Crippen molar-refractivity contribution in [3.05, 3.63) is 46.0 Å². The highest BCUT2D eigenvalue weighted by Crippen LogP contribution is 2.30. The van der Waals surface area contributed by atoms with Crippen LogP contribution < -0.4 is 15.6 Å². The first kappa shape index (κ1) is 15.6. The van der Waals surface area contributed by atoms with E-state index in [-0.39, 0.29) is 5.56 Å². The number of methoxy groups -OCH3 is 1. The smallest absolute Gasteiger partial charge is 0.258 e. The van der Waals surface area contributed by atoms with Crippen LogP contribution in [0.25, 0.3) is 28.1 Å². The molecular weight excluding hydrogens is 288 g/mol. The van der Waals surface area contributed by atoms with Crippen molar-refractivity contribution < 1.29 is 4.74 Å². The molecule has 0 saturated carbocycles. The van der Waals surface area contributed by atoms with Crippen LogP contribution >= 0.6 is 0 Å². The predicted octanol–water partition coefficient (Wildman–Crippen LogP) is 2.24. The molecule has 0 radical (unpaired) electrons. The lowest BCUT2D eigenvalue weighted by atomic mass is 10.0. The fourth-order valence-corrected chi connectivity index (χ4v) is 3.17. The molecule has 0 unspecified atom stereocenters. The minimum Gasteiger partial charge on any atom is -0.496 e. The van der Waals surface area contributed by atoms with Crippen LogP contribution in [0.5, 0.6) is 5.75 Å². The Hall–Kier alpha value is -2.33. The van der Waals surface area contributed by atoms with Crippen molar-refractivity contribution in [1.82, 2.24) is 9.47 Å². The number of nitrogens with zero attached hydrogens (tertiary/aromatic N) is 2. The van der Waals surface area contributed by atoms with Crippen LogP contribution in [0.2, 0.25) is 0 Å². The van der Waals surface area contributed by atoms with Gasteiger partial charge in [0.15, 0.2) is 0 Å². The zero-order valence-corrected chi connectivity index (χ0v) is 13.9. The summed E-state index contributed by atoms with van der Waals surface area (Å²) >= 11 is 0.